The molecule has 0 unspecified atom stereocenters. The Labute approximate surface area is 120 Å². The molecule has 1 aromatic heterocycles. The largest absolute Gasteiger partial charge is 0.456 e. The number of nitrogens with two attached hydrogens (primary N) is 1. The van der Waals surface area contributed by atoms with Crippen molar-refractivity contribution in [3.05, 3.63) is 23.9 Å². The molecule has 1 fully saturated rings. The molecule has 1 aliphatic rings. The van der Waals surface area contributed by atoms with Crippen LogP contribution in [0.4, 0.5) is 5.82 Å². The second-order valence-corrected chi connectivity index (χ2v) is 6.23. The molecule has 1 aromatic rings. The van der Waals surface area contributed by atoms with Gasteiger partial charge in [0.2, 0.25) is 0 Å². The van der Waals surface area contributed by atoms with E-state index >= 15 is 0 Å². The van der Waals surface area contributed by atoms with Gasteiger partial charge in [-0.15, -0.1) is 0 Å². The first kappa shape index (κ1) is 14.8. The third kappa shape index (κ3) is 3.93. The van der Waals surface area contributed by atoms with Gasteiger partial charge in [-0.2, -0.15) is 0 Å². The van der Waals surface area contributed by atoms with E-state index < -0.39 is 5.60 Å². The Balaban J connectivity index is 2.01. The zero-order chi connectivity index (χ0) is 14.8. The van der Waals surface area contributed by atoms with Crippen LogP contribution in [0.3, 0.4) is 0 Å². The highest BCUT2D eigenvalue weighted by atomic mass is 16.6. The molecular formula is C15H23N3O2. The fourth-order valence-corrected chi connectivity index (χ4v) is 2.16. The zero-order valence-electron chi connectivity index (χ0n) is 12.4. The molecule has 1 aliphatic heterocycles. The van der Waals surface area contributed by atoms with Gasteiger partial charge in [0.05, 0.1) is 5.56 Å². The van der Waals surface area contributed by atoms with Gasteiger partial charge in [0.25, 0.3) is 0 Å². The number of pyridine rings is 1. The smallest absolute Gasteiger partial charge is 0.340 e. The molecule has 110 valence electrons. The topological polar surface area (TPSA) is 68.5 Å². The number of hydrogen-bond acceptors (Lipinski definition) is 5. The van der Waals surface area contributed by atoms with E-state index in [-0.39, 0.29) is 5.97 Å². The minimum atomic E-state index is -0.487. The van der Waals surface area contributed by atoms with Crippen molar-refractivity contribution in [2.45, 2.75) is 45.3 Å². The Bertz CT molecular complexity index is 457. The summed E-state index contributed by atoms with van der Waals surface area (Å²) in [5, 5.41) is 0. The van der Waals surface area contributed by atoms with Gasteiger partial charge in [-0.25, -0.2) is 9.78 Å². The number of piperidine rings is 1. The Morgan fingerprint density at radius 3 is 2.50 bits per heavy atom. The Morgan fingerprint density at radius 2 is 2.00 bits per heavy atom. The number of ether oxygens (including phenoxy) is 1. The van der Waals surface area contributed by atoms with E-state index in [2.05, 4.69) is 9.88 Å². The van der Waals surface area contributed by atoms with Gasteiger partial charge in [0, 0.05) is 25.3 Å². The van der Waals surface area contributed by atoms with E-state index in [0.29, 0.717) is 11.6 Å². The van der Waals surface area contributed by atoms with Gasteiger partial charge in [0.1, 0.15) is 11.4 Å². The number of carbonyl (C=O) groups excluding carboxylic acids is 1. The molecular weight excluding hydrogens is 254 g/mol. The van der Waals surface area contributed by atoms with Gasteiger partial charge in [-0.05, 0) is 45.7 Å². The van der Waals surface area contributed by atoms with E-state index in [9.17, 15) is 4.79 Å². The van der Waals surface area contributed by atoms with Crippen molar-refractivity contribution in [3.8, 4) is 0 Å². The van der Waals surface area contributed by atoms with Gasteiger partial charge in [-0.3, -0.25) is 0 Å². The maximum Gasteiger partial charge on any atom is 0.340 e. The van der Waals surface area contributed by atoms with E-state index in [0.717, 1.165) is 31.7 Å². The van der Waals surface area contributed by atoms with Gasteiger partial charge >= 0.3 is 5.97 Å². The van der Waals surface area contributed by atoms with Crippen molar-refractivity contribution in [1.82, 2.24) is 4.98 Å². The van der Waals surface area contributed by atoms with Gasteiger partial charge < -0.3 is 15.4 Å². The summed E-state index contributed by atoms with van der Waals surface area (Å²) in [6.45, 7) is 7.39. The Kier molecular flexibility index (Phi) is 4.28. The fourth-order valence-electron chi connectivity index (χ4n) is 2.16. The first-order valence-electron chi connectivity index (χ1n) is 7.05. The van der Waals surface area contributed by atoms with Crippen molar-refractivity contribution in [1.29, 1.82) is 0 Å². The molecule has 5 heteroatoms. The minimum Gasteiger partial charge on any atom is -0.456 e. The van der Waals surface area contributed by atoms with Crippen LogP contribution in [0.2, 0.25) is 0 Å². The molecule has 0 bridgehead atoms. The van der Waals surface area contributed by atoms with Crippen LogP contribution in [0, 0.1) is 0 Å². The van der Waals surface area contributed by atoms with Crippen molar-refractivity contribution < 1.29 is 9.53 Å². The lowest BCUT2D eigenvalue weighted by Gasteiger charge is -2.31. The third-order valence-electron chi connectivity index (χ3n) is 3.25. The molecule has 0 spiro atoms. The summed E-state index contributed by atoms with van der Waals surface area (Å²) in [4.78, 5) is 18.5. The van der Waals surface area contributed by atoms with Crippen molar-refractivity contribution in [2.24, 2.45) is 5.73 Å². The van der Waals surface area contributed by atoms with Crippen LogP contribution >= 0.6 is 0 Å². The number of nitrogens with zero attached hydrogens (tertiary/aromatic N) is 2. The number of rotatable bonds is 2. The number of carbonyl (C=O) groups is 1. The molecule has 5 nitrogen and oxygen atoms in total. The third-order valence-corrected chi connectivity index (χ3v) is 3.25. The standard InChI is InChI=1S/C15H23N3O2/c1-15(2,3)20-14(19)11-4-5-13(17-10-11)18-8-6-12(16)7-9-18/h4-5,10,12H,6-9,16H2,1-3H3. The van der Waals surface area contributed by atoms with Crippen LogP contribution in [-0.4, -0.2) is 35.7 Å². The average Bonchev–Trinajstić information content (AvgIpc) is 2.38. The summed E-state index contributed by atoms with van der Waals surface area (Å²) >= 11 is 0. The monoisotopic (exact) mass is 277 g/mol. The quantitative estimate of drug-likeness (QED) is 0.837. The second-order valence-electron chi connectivity index (χ2n) is 6.23. The van der Waals surface area contributed by atoms with Crippen molar-refractivity contribution in [2.75, 3.05) is 18.0 Å². The minimum absolute atomic E-state index is 0.298. The molecule has 2 heterocycles. The SMILES string of the molecule is CC(C)(C)OC(=O)c1ccc(N2CCC(N)CC2)nc1. The fraction of sp³-hybridized carbons (Fsp3) is 0.600. The lowest BCUT2D eigenvalue weighted by molar-refractivity contribution is 0.00691. The summed E-state index contributed by atoms with van der Waals surface area (Å²) in [5.74, 6) is 0.557. The molecule has 0 amide bonds. The lowest BCUT2D eigenvalue weighted by atomic mass is 10.1. The number of anilines is 1. The predicted octanol–water partition coefficient (Wildman–Crippen LogP) is 1.96. The molecule has 0 aliphatic carbocycles. The summed E-state index contributed by atoms with van der Waals surface area (Å²) in [5.41, 5.74) is 5.89. The molecule has 0 aromatic carbocycles. The highest BCUT2D eigenvalue weighted by molar-refractivity contribution is 5.89. The van der Waals surface area contributed by atoms with Crippen LogP contribution in [0.5, 0.6) is 0 Å². The maximum atomic E-state index is 11.9. The van der Waals surface area contributed by atoms with Crippen LogP contribution in [0.1, 0.15) is 44.0 Å². The first-order valence-corrected chi connectivity index (χ1v) is 7.05. The molecule has 2 N–H and O–H groups in total. The Hall–Kier alpha value is -1.62. The van der Waals surface area contributed by atoms with Gasteiger partial charge in [-0.1, -0.05) is 0 Å². The van der Waals surface area contributed by atoms with Crippen molar-refractivity contribution >= 4 is 11.8 Å². The first-order chi connectivity index (χ1) is 9.35. The highest BCUT2D eigenvalue weighted by Gasteiger charge is 2.20. The van der Waals surface area contributed by atoms with Crippen LogP contribution in [0.25, 0.3) is 0 Å². The maximum absolute atomic E-state index is 11.9. The second kappa shape index (κ2) is 5.79. The summed E-state index contributed by atoms with van der Waals surface area (Å²) in [7, 11) is 0. The molecule has 0 radical (unpaired) electrons. The average molecular weight is 277 g/mol. The summed E-state index contributed by atoms with van der Waals surface area (Å²) < 4.78 is 5.31. The highest BCUT2D eigenvalue weighted by Crippen LogP contribution is 2.18. The molecule has 0 saturated carbocycles. The van der Waals surface area contributed by atoms with Crippen LogP contribution < -0.4 is 10.6 Å². The van der Waals surface area contributed by atoms with E-state index in [1.165, 1.54) is 0 Å². The number of hydrogen-bond donors (Lipinski definition) is 1. The number of esters is 1. The Morgan fingerprint density at radius 1 is 1.35 bits per heavy atom. The number of aromatic nitrogens is 1. The normalized spacial score (nSPS) is 17.1. The van der Waals surface area contributed by atoms with Gasteiger partial charge in [0.15, 0.2) is 0 Å². The van der Waals surface area contributed by atoms with Crippen LogP contribution in [-0.2, 0) is 4.74 Å². The lowest BCUT2D eigenvalue weighted by Crippen LogP contribution is -2.40. The predicted molar refractivity (Wildman–Crippen MR) is 78.8 cm³/mol. The van der Waals surface area contributed by atoms with E-state index in [1.807, 2.05) is 26.8 Å². The zero-order valence-corrected chi connectivity index (χ0v) is 12.4. The van der Waals surface area contributed by atoms with E-state index in [4.69, 9.17) is 10.5 Å². The molecule has 1 saturated heterocycles. The molecule has 0 atom stereocenters. The van der Waals surface area contributed by atoms with Crippen LogP contribution in [0.15, 0.2) is 18.3 Å². The molecule has 2 rings (SSSR count). The molecule has 20 heavy (non-hydrogen) atoms. The summed E-state index contributed by atoms with van der Waals surface area (Å²) in [6.07, 6.45) is 3.54. The van der Waals surface area contributed by atoms with Crippen molar-refractivity contribution in [3.63, 3.8) is 0 Å². The van der Waals surface area contributed by atoms with E-state index in [1.54, 1.807) is 12.3 Å². The summed E-state index contributed by atoms with van der Waals surface area (Å²) in [6, 6.07) is 3.94.